The van der Waals surface area contributed by atoms with Crippen LogP contribution in [0.1, 0.15) is 25.3 Å². The number of hydrogen-bond donors (Lipinski definition) is 1. The van der Waals surface area contributed by atoms with Gasteiger partial charge in [0.1, 0.15) is 11.4 Å². The molecule has 17 heavy (non-hydrogen) atoms. The highest BCUT2D eigenvalue weighted by Gasteiger charge is 2.42. The number of halogens is 1. The number of carbonyl (C=O) groups is 1. The number of rotatable bonds is 3. The average molecular weight is 237 g/mol. The normalized spacial score (nSPS) is 20.1. The lowest BCUT2D eigenvalue weighted by Gasteiger charge is -2.35. The Labute approximate surface area is 99.9 Å². The van der Waals surface area contributed by atoms with E-state index in [1.807, 2.05) is 4.90 Å². The number of aliphatic carboxylic acids is 1. The fraction of sp³-hybridized carbons (Fsp3) is 0.462. The Hall–Kier alpha value is -1.42. The van der Waals surface area contributed by atoms with Crippen molar-refractivity contribution in [1.29, 1.82) is 0 Å². The van der Waals surface area contributed by atoms with Gasteiger partial charge in [-0.15, -0.1) is 0 Å². The lowest BCUT2D eigenvalue weighted by atomic mass is 9.90. The third kappa shape index (κ3) is 2.05. The van der Waals surface area contributed by atoms with Crippen LogP contribution in [0.4, 0.5) is 4.39 Å². The minimum absolute atomic E-state index is 0.394. The quantitative estimate of drug-likeness (QED) is 0.876. The Bertz CT molecular complexity index is 429. The zero-order valence-corrected chi connectivity index (χ0v) is 9.82. The smallest absolute Gasteiger partial charge is 0.328 e. The van der Waals surface area contributed by atoms with Crippen molar-refractivity contribution in [3.05, 3.63) is 35.6 Å². The average Bonchev–Trinajstić information content (AvgIpc) is 2.81. The summed E-state index contributed by atoms with van der Waals surface area (Å²) < 4.78 is 13.2. The lowest BCUT2D eigenvalue weighted by molar-refractivity contribution is -0.150. The molecule has 1 atom stereocenters. The Morgan fingerprint density at radius 1 is 1.41 bits per heavy atom. The molecule has 0 spiro atoms. The lowest BCUT2D eigenvalue weighted by Crippen LogP contribution is -2.48. The molecule has 1 aliphatic heterocycles. The summed E-state index contributed by atoms with van der Waals surface area (Å²) >= 11 is 0. The summed E-state index contributed by atoms with van der Waals surface area (Å²) in [6.07, 6.45) is 2.00. The van der Waals surface area contributed by atoms with Gasteiger partial charge in [-0.3, -0.25) is 4.90 Å². The van der Waals surface area contributed by atoms with Crippen molar-refractivity contribution in [2.24, 2.45) is 0 Å². The second kappa shape index (κ2) is 4.45. The first-order valence-electron chi connectivity index (χ1n) is 5.79. The van der Waals surface area contributed by atoms with Gasteiger partial charge in [-0.05, 0) is 50.6 Å². The molecular formula is C13H16FNO2. The molecule has 1 unspecified atom stereocenters. The summed E-state index contributed by atoms with van der Waals surface area (Å²) in [6.45, 7) is 3.15. The number of likely N-dealkylation sites (tertiary alicyclic amines) is 1. The maximum Gasteiger partial charge on any atom is 0.328 e. The molecule has 1 aromatic carbocycles. The van der Waals surface area contributed by atoms with Crippen LogP contribution >= 0.6 is 0 Å². The third-order valence-corrected chi connectivity index (χ3v) is 3.54. The molecule has 1 aromatic rings. The second-order valence-electron chi connectivity index (χ2n) is 4.58. The van der Waals surface area contributed by atoms with E-state index in [0.717, 1.165) is 25.9 Å². The van der Waals surface area contributed by atoms with E-state index in [9.17, 15) is 14.3 Å². The highest BCUT2D eigenvalue weighted by Crippen LogP contribution is 2.32. The van der Waals surface area contributed by atoms with Gasteiger partial charge >= 0.3 is 5.97 Å². The molecule has 0 saturated carbocycles. The predicted octanol–water partition coefficient (Wildman–Crippen LogP) is 2.22. The zero-order valence-electron chi connectivity index (χ0n) is 9.82. The largest absolute Gasteiger partial charge is 0.480 e. The first kappa shape index (κ1) is 12.0. The van der Waals surface area contributed by atoms with Crippen molar-refractivity contribution in [2.75, 3.05) is 13.1 Å². The fourth-order valence-corrected chi connectivity index (χ4v) is 2.40. The predicted molar refractivity (Wildman–Crippen MR) is 62.2 cm³/mol. The summed E-state index contributed by atoms with van der Waals surface area (Å²) in [4.78, 5) is 13.5. The SMILES string of the molecule is CC(C(=O)O)(c1cccc(F)c1)N1CCCC1. The highest BCUT2D eigenvalue weighted by atomic mass is 19.1. The molecule has 0 aliphatic carbocycles. The van der Waals surface area contributed by atoms with E-state index in [1.165, 1.54) is 12.1 Å². The monoisotopic (exact) mass is 237 g/mol. The minimum atomic E-state index is -1.13. The molecule has 0 aromatic heterocycles. The van der Waals surface area contributed by atoms with E-state index in [-0.39, 0.29) is 0 Å². The van der Waals surface area contributed by atoms with Gasteiger partial charge < -0.3 is 5.11 Å². The summed E-state index contributed by atoms with van der Waals surface area (Å²) in [6, 6.07) is 5.87. The van der Waals surface area contributed by atoms with Gasteiger partial charge in [-0.25, -0.2) is 9.18 Å². The molecule has 2 rings (SSSR count). The minimum Gasteiger partial charge on any atom is -0.480 e. The van der Waals surface area contributed by atoms with Gasteiger partial charge in [0.25, 0.3) is 0 Å². The van der Waals surface area contributed by atoms with Gasteiger partial charge in [0.15, 0.2) is 0 Å². The zero-order chi connectivity index (χ0) is 12.5. The third-order valence-electron chi connectivity index (χ3n) is 3.54. The summed E-state index contributed by atoms with van der Waals surface area (Å²) in [5, 5.41) is 9.47. The number of carboxylic acid groups (broad SMARTS) is 1. The molecule has 0 radical (unpaired) electrons. The van der Waals surface area contributed by atoms with Crippen molar-refractivity contribution >= 4 is 5.97 Å². The molecule has 0 amide bonds. The van der Waals surface area contributed by atoms with Crippen molar-refractivity contribution < 1.29 is 14.3 Å². The van der Waals surface area contributed by atoms with E-state index in [4.69, 9.17) is 0 Å². The molecule has 4 heteroatoms. The van der Waals surface area contributed by atoms with Crippen LogP contribution in [0.15, 0.2) is 24.3 Å². The van der Waals surface area contributed by atoms with Crippen LogP contribution in [0.3, 0.4) is 0 Å². The maximum absolute atomic E-state index is 13.2. The topological polar surface area (TPSA) is 40.5 Å². The van der Waals surface area contributed by atoms with Gasteiger partial charge in [-0.2, -0.15) is 0 Å². The first-order valence-corrected chi connectivity index (χ1v) is 5.79. The van der Waals surface area contributed by atoms with E-state index in [0.29, 0.717) is 5.56 Å². The molecular weight excluding hydrogens is 221 g/mol. The molecule has 1 saturated heterocycles. The highest BCUT2D eigenvalue weighted by molar-refractivity contribution is 5.80. The number of carboxylic acids is 1. The van der Waals surface area contributed by atoms with E-state index >= 15 is 0 Å². The van der Waals surface area contributed by atoms with Crippen LogP contribution in [-0.2, 0) is 10.3 Å². The van der Waals surface area contributed by atoms with Crippen molar-refractivity contribution in [2.45, 2.75) is 25.3 Å². The van der Waals surface area contributed by atoms with Gasteiger partial charge in [-0.1, -0.05) is 12.1 Å². The van der Waals surface area contributed by atoms with E-state index in [2.05, 4.69) is 0 Å². The maximum atomic E-state index is 13.2. The van der Waals surface area contributed by atoms with Crippen LogP contribution in [0.2, 0.25) is 0 Å². The van der Waals surface area contributed by atoms with Crippen LogP contribution in [0, 0.1) is 5.82 Å². The van der Waals surface area contributed by atoms with Crippen molar-refractivity contribution in [3.63, 3.8) is 0 Å². The molecule has 1 N–H and O–H groups in total. The number of hydrogen-bond acceptors (Lipinski definition) is 2. The van der Waals surface area contributed by atoms with Crippen LogP contribution < -0.4 is 0 Å². The van der Waals surface area contributed by atoms with Crippen molar-refractivity contribution in [1.82, 2.24) is 4.90 Å². The fourth-order valence-electron chi connectivity index (χ4n) is 2.40. The Morgan fingerprint density at radius 2 is 2.06 bits per heavy atom. The number of benzene rings is 1. The molecule has 1 heterocycles. The Balaban J connectivity index is 2.43. The van der Waals surface area contributed by atoms with E-state index < -0.39 is 17.3 Å². The van der Waals surface area contributed by atoms with Crippen LogP contribution in [0.25, 0.3) is 0 Å². The molecule has 92 valence electrons. The van der Waals surface area contributed by atoms with Gasteiger partial charge in [0, 0.05) is 0 Å². The summed E-state index contributed by atoms with van der Waals surface area (Å²) in [5.41, 5.74) is -0.620. The molecule has 3 nitrogen and oxygen atoms in total. The molecule has 1 aliphatic rings. The van der Waals surface area contributed by atoms with Crippen LogP contribution in [0.5, 0.6) is 0 Å². The summed E-state index contributed by atoms with van der Waals surface area (Å²) in [5.74, 6) is -1.32. The van der Waals surface area contributed by atoms with E-state index in [1.54, 1.807) is 19.1 Å². The van der Waals surface area contributed by atoms with Gasteiger partial charge in [0.05, 0.1) is 0 Å². The second-order valence-corrected chi connectivity index (χ2v) is 4.58. The molecule has 0 bridgehead atoms. The standard InChI is InChI=1S/C13H16FNO2/c1-13(12(16)17,15-7-2-3-8-15)10-5-4-6-11(14)9-10/h4-6,9H,2-3,7-8H2,1H3,(H,16,17). The van der Waals surface area contributed by atoms with Crippen molar-refractivity contribution in [3.8, 4) is 0 Å². The number of nitrogens with zero attached hydrogens (tertiary/aromatic N) is 1. The Kier molecular flexibility index (Phi) is 3.15. The Morgan fingerprint density at radius 3 is 2.59 bits per heavy atom. The van der Waals surface area contributed by atoms with Crippen LogP contribution in [-0.4, -0.2) is 29.1 Å². The first-order chi connectivity index (χ1) is 8.05. The molecule has 1 fully saturated rings. The summed E-state index contributed by atoms with van der Waals surface area (Å²) in [7, 11) is 0. The van der Waals surface area contributed by atoms with Gasteiger partial charge in [0.2, 0.25) is 0 Å².